The van der Waals surface area contributed by atoms with Crippen LogP contribution < -0.4 is 4.90 Å². The number of nitrogens with zero attached hydrogens (tertiary/aromatic N) is 5. The molecule has 0 aliphatic carbocycles. The Hall–Kier alpha value is -2.44. The molecule has 0 amide bonds. The van der Waals surface area contributed by atoms with Crippen LogP contribution in [-0.4, -0.2) is 39.4 Å². The van der Waals surface area contributed by atoms with E-state index >= 15 is 0 Å². The van der Waals surface area contributed by atoms with E-state index in [1.165, 1.54) is 30.8 Å². The molecule has 1 saturated heterocycles. The number of esters is 1. The number of hydrogen-bond acceptors (Lipinski definition) is 6. The Morgan fingerprint density at radius 2 is 2.00 bits per heavy atom. The third-order valence-corrected chi connectivity index (χ3v) is 4.47. The minimum atomic E-state index is -0.423. The SMILES string of the molecule is COC(=O)c1cnc(N2CCCC2c2c(C)nn(C)c2C)nc1. The van der Waals surface area contributed by atoms with Crippen molar-refractivity contribution in [1.29, 1.82) is 0 Å². The molecule has 0 bridgehead atoms. The number of methoxy groups -OCH3 is 1. The van der Waals surface area contributed by atoms with Gasteiger partial charge in [0.1, 0.15) is 0 Å². The van der Waals surface area contributed by atoms with E-state index in [2.05, 4.69) is 31.6 Å². The first-order valence-electron chi connectivity index (χ1n) is 7.70. The van der Waals surface area contributed by atoms with Crippen LogP contribution in [0.1, 0.15) is 46.2 Å². The van der Waals surface area contributed by atoms with Crippen molar-refractivity contribution in [2.75, 3.05) is 18.6 Å². The van der Waals surface area contributed by atoms with Gasteiger partial charge >= 0.3 is 5.97 Å². The molecule has 1 aliphatic rings. The fourth-order valence-electron chi connectivity index (χ4n) is 3.27. The Balaban J connectivity index is 1.91. The molecule has 7 heteroatoms. The van der Waals surface area contributed by atoms with Gasteiger partial charge in [0, 0.05) is 37.2 Å². The quantitative estimate of drug-likeness (QED) is 0.806. The first-order valence-corrected chi connectivity index (χ1v) is 7.70. The lowest BCUT2D eigenvalue weighted by molar-refractivity contribution is 0.0600. The number of ether oxygens (including phenoxy) is 1. The van der Waals surface area contributed by atoms with E-state index < -0.39 is 5.97 Å². The number of carbonyl (C=O) groups is 1. The van der Waals surface area contributed by atoms with Crippen LogP contribution in [0.2, 0.25) is 0 Å². The van der Waals surface area contributed by atoms with Gasteiger partial charge in [-0.3, -0.25) is 4.68 Å². The Bertz CT molecular complexity index is 723. The molecule has 0 spiro atoms. The first-order chi connectivity index (χ1) is 11.0. The molecule has 1 unspecified atom stereocenters. The molecular weight excluding hydrogens is 294 g/mol. The van der Waals surface area contributed by atoms with Gasteiger partial charge in [0.15, 0.2) is 0 Å². The monoisotopic (exact) mass is 315 g/mol. The molecule has 0 aromatic carbocycles. The highest BCUT2D eigenvalue weighted by Crippen LogP contribution is 2.37. The van der Waals surface area contributed by atoms with Gasteiger partial charge in [-0.25, -0.2) is 14.8 Å². The van der Waals surface area contributed by atoms with Gasteiger partial charge in [0.2, 0.25) is 5.95 Å². The molecule has 0 radical (unpaired) electrons. The first kappa shape index (κ1) is 15.5. The van der Waals surface area contributed by atoms with E-state index in [0.717, 1.165) is 25.1 Å². The summed E-state index contributed by atoms with van der Waals surface area (Å²) in [6, 6.07) is 0.229. The molecule has 2 aromatic heterocycles. The van der Waals surface area contributed by atoms with Crippen LogP contribution in [0.25, 0.3) is 0 Å². The van der Waals surface area contributed by atoms with Crippen LogP contribution in [0, 0.1) is 13.8 Å². The van der Waals surface area contributed by atoms with Crippen LogP contribution in [0.15, 0.2) is 12.4 Å². The number of rotatable bonds is 3. The third-order valence-electron chi connectivity index (χ3n) is 4.47. The van der Waals surface area contributed by atoms with E-state index in [-0.39, 0.29) is 6.04 Å². The number of aromatic nitrogens is 4. The molecule has 3 heterocycles. The van der Waals surface area contributed by atoms with E-state index in [1.807, 2.05) is 18.7 Å². The zero-order valence-electron chi connectivity index (χ0n) is 13.9. The highest BCUT2D eigenvalue weighted by molar-refractivity contribution is 5.88. The summed E-state index contributed by atoms with van der Waals surface area (Å²) < 4.78 is 6.60. The standard InChI is InChI=1S/C16H21N5O2/c1-10-14(11(2)20(3)19-10)13-6-5-7-21(13)16-17-8-12(9-18-16)15(22)23-4/h8-9,13H,5-7H2,1-4H3. The van der Waals surface area contributed by atoms with Gasteiger partial charge in [-0.1, -0.05) is 0 Å². The maximum absolute atomic E-state index is 11.5. The average molecular weight is 315 g/mol. The zero-order chi connectivity index (χ0) is 16.6. The lowest BCUT2D eigenvalue weighted by Gasteiger charge is -2.25. The topological polar surface area (TPSA) is 73.1 Å². The summed E-state index contributed by atoms with van der Waals surface area (Å²) in [7, 11) is 3.31. The summed E-state index contributed by atoms with van der Waals surface area (Å²) >= 11 is 0. The Labute approximate surface area is 135 Å². The van der Waals surface area contributed by atoms with Crippen molar-refractivity contribution in [3.63, 3.8) is 0 Å². The third kappa shape index (κ3) is 2.67. The molecule has 0 N–H and O–H groups in total. The van der Waals surface area contributed by atoms with Crippen molar-refractivity contribution in [2.45, 2.75) is 32.7 Å². The second-order valence-electron chi connectivity index (χ2n) is 5.82. The molecule has 0 saturated carbocycles. The Morgan fingerprint density at radius 3 is 2.57 bits per heavy atom. The van der Waals surface area contributed by atoms with E-state index in [9.17, 15) is 4.79 Å². The number of anilines is 1. The van der Waals surface area contributed by atoms with Crippen molar-refractivity contribution in [1.82, 2.24) is 19.7 Å². The predicted molar refractivity (Wildman–Crippen MR) is 85.4 cm³/mol. The van der Waals surface area contributed by atoms with Crippen LogP contribution in [-0.2, 0) is 11.8 Å². The van der Waals surface area contributed by atoms with Crippen molar-refractivity contribution in [2.24, 2.45) is 7.05 Å². The van der Waals surface area contributed by atoms with Crippen molar-refractivity contribution >= 4 is 11.9 Å². The summed E-state index contributed by atoms with van der Waals surface area (Å²) in [5.74, 6) is 0.219. The lowest BCUT2D eigenvalue weighted by Crippen LogP contribution is -2.25. The number of carbonyl (C=O) groups excluding carboxylic acids is 1. The summed E-state index contributed by atoms with van der Waals surface area (Å²) in [5.41, 5.74) is 3.84. The van der Waals surface area contributed by atoms with Crippen LogP contribution in [0.4, 0.5) is 5.95 Å². The van der Waals surface area contributed by atoms with Crippen molar-refractivity contribution in [3.8, 4) is 0 Å². The Morgan fingerprint density at radius 1 is 1.30 bits per heavy atom. The Kier molecular flexibility index (Phi) is 4.02. The maximum Gasteiger partial charge on any atom is 0.341 e. The van der Waals surface area contributed by atoms with Gasteiger partial charge in [-0.05, 0) is 26.7 Å². The van der Waals surface area contributed by atoms with Crippen molar-refractivity contribution in [3.05, 3.63) is 34.9 Å². The minimum Gasteiger partial charge on any atom is -0.465 e. The van der Waals surface area contributed by atoms with E-state index in [4.69, 9.17) is 0 Å². The highest BCUT2D eigenvalue weighted by Gasteiger charge is 2.32. The van der Waals surface area contributed by atoms with Gasteiger partial charge in [0.25, 0.3) is 0 Å². The number of hydrogen-bond donors (Lipinski definition) is 0. The molecular formula is C16H21N5O2. The smallest absolute Gasteiger partial charge is 0.341 e. The molecule has 3 rings (SSSR count). The summed E-state index contributed by atoms with van der Waals surface area (Å²) in [6.07, 6.45) is 5.18. The van der Waals surface area contributed by atoms with E-state index in [0.29, 0.717) is 11.5 Å². The molecule has 1 atom stereocenters. The minimum absolute atomic E-state index is 0.229. The van der Waals surface area contributed by atoms with Crippen molar-refractivity contribution < 1.29 is 9.53 Å². The summed E-state index contributed by atoms with van der Waals surface area (Å²) in [4.78, 5) is 22.4. The van der Waals surface area contributed by atoms with Gasteiger partial charge in [0.05, 0.1) is 24.4 Å². The number of aryl methyl sites for hydroxylation is 2. The summed E-state index contributed by atoms with van der Waals surface area (Å²) in [6.45, 7) is 5.03. The molecule has 23 heavy (non-hydrogen) atoms. The van der Waals surface area contributed by atoms with Gasteiger partial charge < -0.3 is 9.64 Å². The maximum atomic E-state index is 11.5. The van der Waals surface area contributed by atoms with Crippen LogP contribution >= 0.6 is 0 Å². The van der Waals surface area contributed by atoms with Gasteiger partial charge in [-0.15, -0.1) is 0 Å². The predicted octanol–water partition coefficient (Wildman–Crippen LogP) is 1.96. The largest absolute Gasteiger partial charge is 0.465 e. The van der Waals surface area contributed by atoms with Gasteiger partial charge in [-0.2, -0.15) is 5.10 Å². The normalized spacial score (nSPS) is 17.6. The second-order valence-corrected chi connectivity index (χ2v) is 5.82. The van der Waals surface area contributed by atoms with E-state index in [1.54, 1.807) is 0 Å². The fourth-order valence-corrected chi connectivity index (χ4v) is 3.27. The molecule has 1 aliphatic heterocycles. The average Bonchev–Trinajstić information content (AvgIpc) is 3.12. The lowest BCUT2D eigenvalue weighted by atomic mass is 10.0. The molecule has 1 fully saturated rings. The molecule has 122 valence electrons. The van der Waals surface area contributed by atoms with Crippen LogP contribution in [0.5, 0.6) is 0 Å². The zero-order valence-corrected chi connectivity index (χ0v) is 13.9. The molecule has 2 aromatic rings. The van der Waals surface area contributed by atoms with Crippen LogP contribution in [0.3, 0.4) is 0 Å². The fraction of sp³-hybridized carbons (Fsp3) is 0.500. The summed E-state index contributed by atoms with van der Waals surface area (Å²) in [5, 5.41) is 4.52. The highest BCUT2D eigenvalue weighted by atomic mass is 16.5. The second kappa shape index (κ2) is 5.98. The molecule has 7 nitrogen and oxygen atoms in total.